The van der Waals surface area contributed by atoms with Gasteiger partial charge in [-0.1, -0.05) is 18.2 Å². The van der Waals surface area contributed by atoms with E-state index in [1.54, 1.807) is 55.5 Å². The summed E-state index contributed by atoms with van der Waals surface area (Å²) in [5.41, 5.74) is 1.19. The predicted molar refractivity (Wildman–Crippen MR) is 93.1 cm³/mol. The summed E-state index contributed by atoms with van der Waals surface area (Å²) in [5, 5.41) is 3.38. The highest BCUT2D eigenvalue weighted by atomic mass is 16.5. The van der Waals surface area contributed by atoms with E-state index in [0.29, 0.717) is 28.0 Å². The third-order valence-corrected chi connectivity index (χ3v) is 3.63. The molecule has 0 saturated carbocycles. The standard InChI is InChI=1S/C19H17NO5/c1-3-24-19(22)17-16(14-9-4-5-10-15(14)25-17)20-18(21)12-7-6-8-13(11-12)23-2/h4-11H,3H2,1-2H3,(H,20,21). The van der Waals surface area contributed by atoms with Gasteiger partial charge in [-0.15, -0.1) is 0 Å². The molecule has 1 heterocycles. The number of anilines is 1. The maximum atomic E-state index is 12.6. The van der Waals surface area contributed by atoms with Crippen LogP contribution in [0, 0.1) is 0 Å². The zero-order valence-corrected chi connectivity index (χ0v) is 13.9. The number of nitrogens with one attached hydrogen (secondary N) is 1. The van der Waals surface area contributed by atoms with Crippen molar-refractivity contribution in [3.05, 3.63) is 59.9 Å². The number of ether oxygens (including phenoxy) is 2. The molecule has 1 amide bonds. The van der Waals surface area contributed by atoms with Crippen LogP contribution in [0.3, 0.4) is 0 Å². The highest BCUT2D eigenvalue weighted by molar-refractivity contribution is 6.13. The molecule has 0 bridgehead atoms. The number of para-hydroxylation sites is 1. The molecule has 0 saturated heterocycles. The van der Waals surface area contributed by atoms with Gasteiger partial charge < -0.3 is 19.2 Å². The van der Waals surface area contributed by atoms with Crippen LogP contribution < -0.4 is 10.1 Å². The second-order valence-electron chi connectivity index (χ2n) is 5.21. The molecule has 1 aromatic heterocycles. The Morgan fingerprint density at radius 3 is 2.68 bits per heavy atom. The molecule has 3 rings (SSSR count). The Labute approximate surface area is 144 Å². The number of carbonyl (C=O) groups is 2. The van der Waals surface area contributed by atoms with Crippen molar-refractivity contribution < 1.29 is 23.5 Å². The summed E-state index contributed by atoms with van der Waals surface area (Å²) < 4.78 is 15.7. The van der Waals surface area contributed by atoms with Crippen molar-refractivity contribution in [2.75, 3.05) is 19.0 Å². The minimum absolute atomic E-state index is 0.0284. The van der Waals surface area contributed by atoms with Gasteiger partial charge in [0.1, 0.15) is 17.0 Å². The van der Waals surface area contributed by atoms with Crippen molar-refractivity contribution in [2.24, 2.45) is 0 Å². The number of amides is 1. The fraction of sp³-hybridized carbons (Fsp3) is 0.158. The van der Waals surface area contributed by atoms with Crippen LogP contribution in [0.4, 0.5) is 5.69 Å². The van der Waals surface area contributed by atoms with E-state index in [9.17, 15) is 9.59 Å². The lowest BCUT2D eigenvalue weighted by atomic mass is 10.1. The number of fused-ring (bicyclic) bond motifs is 1. The number of furan rings is 1. The number of methoxy groups -OCH3 is 1. The highest BCUT2D eigenvalue weighted by Crippen LogP contribution is 2.32. The molecular weight excluding hydrogens is 322 g/mol. The lowest BCUT2D eigenvalue weighted by molar-refractivity contribution is 0.0494. The Hall–Kier alpha value is -3.28. The molecule has 0 aliphatic carbocycles. The van der Waals surface area contributed by atoms with E-state index < -0.39 is 5.97 Å². The van der Waals surface area contributed by atoms with Crippen molar-refractivity contribution in [3.8, 4) is 5.75 Å². The molecule has 0 unspecified atom stereocenters. The average molecular weight is 339 g/mol. The van der Waals surface area contributed by atoms with E-state index in [-0.39, 0.29) is 18.3 Å². The molecule has 0 atom stereocenters. The van der Waals surface area contributed by atoms with Gasteiger partial charge in [-0.2, -0.15) is 0 Å². The minimum atomic E-state index is -0.625. The number of rotatable bonds is 5. The molecule has 0 radical (unpaired) electrons. The number of esters is 1. The molecule has 1 N–H and O–H groups in total. The molecule has 25 heavy (non-hydrogen) atoms. The summed E-state index contributed by atoms with van der Waals surface area (Å²) in [6.45, 7) is 1.91. The molecule has 2 aromatic carbocycles. The van der Waals surface area contributed by atoms with Crippen LogP contribution in [0.5, 0.6) is 5.75 Å². The Morgan fingerprint density at radius 1 is 1.12 bits per heavy atom. The molecule has 3 aromatic rings. The normalized spacial score (nSPS) is 10.5. The number of hydrogen-bond donors (Lipinski definition) is 1. The Morgan fingerprint density at radius 2 is 1.92 bits per heavy atom. The Balaban J connectivity index is 2.00. The number of benzene rings is 2. The van der Waals surface area contributed by atoms with E-state index in [0.717, 1.165) is 0 Å². The Bertz CT molecular complexity index is 928. The summed E-state index contributed by atoms with van der Waals surface area (Å²) >= 11 is 0. The first-order valence-corrected chi connectivity index (χ1v) is 7.78. The summed E-state index contributed by atoms with van der Waals surface area (Å²) in [4.78, 5) is 24.8. The molecule has 0 spiro atoms. The lowest BCUT2D eigenvalue weighted by Crippen LogP contribution is -2.15. The fourth-order valence-electron chi connectivity index (χ4n) is 2.46. The second kappa shape index (κ2) is 7.09. The van der Waals surface area contributed by atoms with Crippen molar-refractivity contribution >= 4 is 28.5 Å². The SMILES string of the molecule is CCOC(=O)c1oc2ccccc2c1NC(=O)c1cccc(OC)c1. The maximum absolute atomic E-state index is 12.6. The van der Waals surface area contributed by atoms with Crippen molar-refractivity contribution in [2.45, 2.75) is 6.92 Å². The van der Waals surface area contributed by atoms with Gasteiger partial charge in [0.25, 0.3) is 5.91 Å². The average Bonchev–Trinajstić information content (AvgIpc) is 3.00. The van der Waals surface area contributed by atoms with E-state index in [2.05, 4.69) is 5.32 Å². The summed E-state index contributed by atoms with van der Waals surface area (Å²) in [6.07, 6.45) is 0. The topological polar surface area (TPSA) is 77.8 Å². The van der Waals surface area contributed by atoms with Gasteiger partial charge in [-0.05, 0) is 37.3 Å². The van der Waals surface area contributed by atoms with Gasteiger partial charge in [0.2, 0.25) is 5.76 Å². The molecule has 128 valence electrons. The molecule has 0 aliphatic rings. The smallest absolute Gasteiger partial charge is 0.376 e. The van der Waals surface area contributed by atoms with E-state index >= 15 is 0 Å². The van der Waals surface area contributed by atoms with Crippen molar-refractivity contribution in [1.29, 1.82) is 0 Å². The van der Waals surface area contributed by atoms with Crippen LogP contribution in [-0.2, 0) is 4.74 Å². The first-order chi connectivity index (χ1) is 12.1. The third-order valence-electron chi connectivity index (χ3n) is 3.63. The minimum Gasteiger partial charge on any atom is -0.497 e. The largest absolute Gasteiger partial charge is 0.497 e. The van der Waals surface area contributed by atoms with Crippen LogP contribution in [0.2, 0.25) is 0 Å². The third kappa shape index (κ3) is 3.33. The van der Waals surface area contributed by atoms with Crippen LogP contribution in [0.25, 0.3) is 11.0 Å². The molecular formula is C19H17NO5. The first-order valence-electron chi connectivity index (χ1n) is 7.78. The monoisotopic (exact) mass is 339 g/mol. The summed E-state index contributed by atoms with van der Waals surface area (Å²) in [7, 11) is 1.53. The zero-order chi connectivity index (χ0) is 17.8. The van der Waals surface area contributed by atoms with Crippen molar-refractivity contribution in [3.63, 3.8) is 0 Å². The van der Waals surface area contributed by atoms with Gasteiger partial charge >= 0.3 is 5.97 Å². The van der Waals surface area contributed by atoms with E-state index in [1.807, 2.05) is 0 Å². The summed E-state index contributed by atoms with van der Waals surface area (Å²) in [5.74, 6) is -0.467. The Kier molecular flexibility index (Phi) is 4.70. The van der Waals surface area contributed by atoms with E-state index in [1.165, 1.54) is 7.11 Å². The number of carbonyl (C=O) groups excluding carboxylic acids is 2. The van der Waals surface area contributed by atoms with Gasteiger partial charge in [-0.25, -0.2) is 4.79 Å². The van der Waals surface area contributed by atoms with Crippen LogP contribution in [0.15, 0.2) is 52.9 Å². The quantitative estimate of drug-likeness (QED) is 0.714. The number of hydrogen-bond acceptors (Lipinski definition) is 5. The van der Waals surface area contributed by atoms with Crippen LogP contribution >= 0.6 is 0 Å². The van der Waals surface area contributed by atoms with Crippen molar-refractivity contribution in [1.82, 2.24) is 0 Å². The van der Waals surface area contributed by atoms with Crippen LogP contribution in [0.1, 0.15) is 27.8 Å². The maximum Gasteiger partial charge on any atom is 0.376 e. The van der Waals surface area contributed by atoms with Gasteiger partial charge in [0.05, 0.1) is 13.7 Å². The van der Waals surface area contributed by atoms with Gasteiger partial charge in [0.15, 0.2) is 0 Å². The molecule has 6 heteroatoms. The second-order valence-corrected chi connectivity index (χ2v) is 5.21. The van der Waals surface area contributed by atoms with Gasteiger partial charge in [-0.3, -0.25) is 4.79 Å². The van der Waals surface area contributed by atoms with E-state index in [4.69, 9.17) is 13.9 Å². The predicted octanol–water partition coefficient (Wildman–Crippen LogP) is 3.87. The zero-order valence-electron chi connectivity index (χ0n) is 13.9. The molecule has 6 nitrogen and oxygen atoms in total. The first kappa shape index (κ1) is 16.6. The molecule has 0 aliphatic heterocycles. The molecule has 0 fully saturated rings. The van der Waals surface area contributed by atoms with Crippen LogP contribution in [-0.4, -0.2) is 25.6 Å². The highest BCUT2D eigenvalue weighted by Gasteiger charge is 2.23. The van der Waals surface area contributed by atoms with Gasteiger partial charge in [0, 0.05) is 10.9 Å². The summed E-state index contributed by atoms with van der Waals surface area (Å²) in [6, 6.07) is 13.8. The lowest BCUT2D eigenvalue weighted by Gasteiger charge is -2.07. The fourth-order valence-corrected chi connectivity index (χ4v) is 2.46.